The van der Waals surface area contributed by atoms with Crippen molar-refractivity contribution in [1.29, 1.82) is 0 Å². The van der Waals surface area contributed by atoms with Gasteiger partial charge in [-0.3, -0.25) is 4.79 Å². The summed E-state index contributed by atoms with van der Waals surface area (Å²) in [6.07, 6.45) is 0. The molecule has 0 saturated carbocycles. The van der Waals surface area contributed by atoms with Crippen LogP contribution in [-0.2, 0) is 4.79 Å². The van der Waals surface area contributed by atoms with Gasteiger partial charge in [0.15, 0.2) is 0 Å². The van der Waals surface area contributed by atoms with Crippen molar-refractivity contribution >= 4 is 45.8 Å². The molecule has 0 fully saturated rings. The summed E-state index contributed by atoms with van der Waals surface area (Å²) in [7, 11) is 0. The molecule has 0 aromatic heterocycles. The highest BCUT2D eigenvalue weighted by Gasteiger charge is 2.10. The van der Waals surface area contributed by atoms with Crippen LogP contribution in [0.2, 0.25) is 0 Å². The molecule has 1 atom stereocenters. The number of amides is 1. The number of carbonyl (C=O) groups is 1. The first-order valence-corrected chi connectivity index (χ1v) is 5.73. The average Bonchev–Trinajstić information content (AvgIpc) is 2.09. The highest BCUT2D eigenvalue weighted by atomic mass is 127. The van der Waals surface area contributed by atoms with E-state index in [1.165, 1.54) is 0 Å². The maximum absolute atomic E-state index is 11.3. The SMILES string of the molecule is Cc1cc(I)ccc1NC(=O)C(C)Cl. The molecule has 0 radical (unpaired) electrons. The smallest absolute Gasteiger partial charge is 0.242 e. The average molecular weight is 324 g/mol. The van der Waals surface area contributed by atoms with E-state index in [1.54, 1.807) is 6.92 Å². The Kier molecular flexibility index (Phi) is 4.19. The van der Waals surface area contributed by atoms with Crippen molar-refractivity contribution < 1.29 is 4.79 Å². The third-order valence-electron chi connectivity index (χ3n) is 1.81. The summed E-state index contributed by atoms with van der Waals surface area (Å²) in [5.74, 6) is -0.170. The molecular formula is C10H11ClINO. The lowest BCUT2D eigenvalue weighted by atomic mass is 10.2. The van der Waals surface area contributed by atoms with Crippen LogP contribution in [0.25, 0.3) is 0 Å². The number of benzene rings is 1. The van der Waals surface area contributed by atoms with Crippen molar-refractivity contribution in [2.45, 2.75) is 19.2 Å². The van der Waals surface area contributed by atoms with Crippen LogP contribution in [0.3, 0.4) is 0 Å². The minimum Gasteiger partial charge on any atom is -0.325 e. The molecule has 0 aliphatic carbocycles. The van der Waals surface area contributed by atoms with Crippen molar-refractivity contribution in [1.82, 2.24) is 0 Å². The van der Waals surface area contributed by atoms with Crippen LogP contribution >= 0.6 is 34.2 Å². The maximum atomic E-state index is 11.3. The van der Waals surface area contributed by atoms with Crippen LogP contribution in [0.15, 0.2) is 18.2 Å². The van der Waals surface area contributed by atoms with Crippen molar-refractivity contribution in [2.24, 2.45) is 0 Å². The lowest BCUT2D eigenvalue weighted by Crippen LogP contribution is -2.20. The van der Waals surface area contributed by atoms with E-state index in [0.29, 0.717) is 0 Å². The molecule has 0 aliphatic rings. The summed E-state index contributed by atoms with van der Waals surface area (Å²) in [5, 5.41) is 2.26. The Morgan fingerprint density at radius 1 is 1.57 bits per heavy atom. The number of nitrogens with one attached hydrogen (secondary N) is 1. The molecule has 0 bridgehead atoms. The number of carbonyl (C=O) groups excluding carboxylic acids is 1. The van der Waals surface area contributed by atoms with Gasteiger partial charge in [0.25, 0.3) is 0 Å². The first kappa shape index (κ1) is 11.8. The quantitative estimate of drug-likeness (QED) is 0.657. The normalized spacial score (nSPS) is 12.3. The molecule has 1 aromatic carbocycles. The van der Waals surface area contributed by atoms with Gasteiger partial charge in [-0.1, -0.05) is 0 Å². The van der Waals surface area contributed by atoms with E-state index in [-0.39, 0.29) is 5.91 Å². The lowest BCUT2D eigenvalue weighted by Gasteiger charge is -2.09. The molecule has 14 heavy (non-hydrogen) atoms. The lowest BCUT2D eigenvalue weighted by molar-refractivity contribution is -0.115. The zero-order valence-electron chi connectivity index (χ0n) is 7.97. The Hall–Kier alpha value is -0.290. The molecule has 0 saturated heterocycles. The minimum atomic E-state index is -0.506. The van der Waals surface area contributed by atoms with Crippen molar-refractivity contribution in [3.05, 3.63) is 27.3 Å². The molecule has 1 aromatic rings. The Bertz CT molecular complexity index is 352. The fraction of sp³-hybridized carbons (Fsp3) is 0.300. The number of aryl methyl sites for hydroxylation is 1. The van der Waals surface area contributed by atoms with Gasteiger partial charge in [-0.15, -0.1) is 11.6 Å². The van der Waals surface area contributed by atoms with E-state index in [9.17, 15) is 4.79 Å². The zero-order chi connectivity index (χ0) is 10.7. The van der Waals surface area contributed by atoms with E-state index in [0.717, 1.165) is 14.8 Å². The molecule has 2 nitrogen and oxygen atoms in total. The molecule has 0 spiro atoms. The van der Waals surface area contributed by atoms with Gasteiger partial charge < -0.3 is 5.32 Å². The van der Waals surface area contributed by atoms with Gasteiger partial charge in [-0.25, -0.2) is 0 Å². The van der Waals surface area contributed by atoms with Gasteiger partial charge in [-0.05, 0) is 60.2 Å². The predicted molar refractivity (Wildman–Crippen MR) is 67.8 cm³/mol. The Labute approximate surface area is 102 Å². The van der Waals surface area contributed by atoms with Crippen LogP contribution < -0.4 is 5.32 Å². The predicted octanol–water partition coefficient (Wildman–Crippen LogP) is 3.17. The number of anilines is 1. The summed E-state index contributed by atoms with van der Waals surface area (Å²) < 4.78 is 1.15. The number of alkyl halides is 1. The molecule has 1 rings (SSSR count). The van der Waals surface area contributed by atoms with Gasteiger partial charge in [0.05, 0.1) is 0 Å². The Morgan fingerprint density at radius 3 is 2.71 bits per heavy atom. The number of hydrogen-bond donors (Lipinski definition) is 1. The van der Waals surface area contributed by atoms with Crippen molar-refractivity contribution in [3.63, 3.8) is 0 Å². The fourth-order valence-corrected chi connectivity index (χ4v) is 1.70. The summed E-state index contributed by atoms with van der Waals surface area (Å²) in [5.41, 5.74) is 1.87. The molecule has 1 unspecified atom stereocenters. The Balaban J connectivity index is 2.82. The van der Waals surface area contributed by atoms with Gasteiger partial charge in [0, 0.05) is 9.26 Å². The van der Waals surface area contributed by atoms with Crippen molar-refractivity contribution in [3.8, 4) is 0 Å². The summed E-state index contributed by atoms with van der Waals surface area (Å²) in [4.78, 5) is 11.3. The second kappa shape index (κ2) is 4.98. The highest BCUT2D eigenvalue weighted by molar-refractivity contribution is 14.1. The molecule has 4 heteroatoms. The highest BCUT2D eigenvalue weighted by Crippen LogP contribution is 2.18. The van der Waals surface area contributed by atoms with Crippen LogP contribution in [0.1, 0.15) is 12.5 Å². The maximum Gasteiger partial charge on any atom is 0.242 e. The van der Waals surface area contributed by atoms with Gasteiger partial charge in [-0.2, -0.15) is 0 Å². The van der Waals surface area contributed by atoms with E-state index in [1.807, 2.05) is 25.1 Å². The molecular weight excluding hydrogens is 312 g/mol. The van der Waals surface area contributed by atoms with E-state index < -0.39 is 5.38 Å². The minimum absolute atomic E-state index is 0.170. The van der Waals surface area contributed by atoms with E-state index >= 15 is 0 Å². The van der Waals surface area contributed by atoms with Crippen LogP contribution in [0.4, 0.5) is 5.69 Å². The topological polar surface area (TPSA) is 29.1 Å². The van der Waals surface area contributed by atoms with E-state index in [2.05, 4.69) is 27.9 Å². The molecule has 1 N–H and O–H groups in total. The number of halogens is 2. The van der Waals surface area contributed by atoms with Gasteiger partial charge in [0.2, 0.25) is 5.91 Å². The summed E-state index contributed by atoms with van der Waals surface area (Å²) >= 11 is 7.88. The first-order chi connectivity index (χ1) is 6.50. The zero-order valence-corrected chi connectivity index (χ0v) is 10.9. The second-order valence-electron chi connectivity index (χ2n) is 3.06. The van der Waals surface area contributed by atoms with Crippen LogP contribution in [0.5, 0.6) is 0 Å². The van der Waals surface area contributed by atoms with Gasteiger partial charge in [0.1, 0.15) is 5.38 Å². The van der Waals surface area contributed by atoms with Crippen LogP contribution in [0, 0.1) is 10.5 Å². The molecule has 0 aliphatic heterocycles. The van der Waals surface area contributed by atoms with E-state index in [4.69, 9.17) is 11.6 Å². The van der Waals surface area contributed by atoms with Crippen molar-refractivity contribution in [2.75, 3.05) is 5.32 Å². The second-order valence-corrected chi connectivity index (χ2v) is 4.96. The summed E-state index contributed by atoms with van der Waals surface area (Å²) in [6, 6.07) is 5.84. The first-order valence-electron chi connectivity index (χ1n) is 4.22. The number of hydrogen-bond acceptors (Lipinski definition) is 1. The standard InChI is InChI=1S/C10H11ClINO/c1-6-5-8(12)3-4-9(6)13-10(14)7(2)11/h3-5,7H,1-2H3,(H,13,14). The van der Waals surface area contributed by atoms with Gasteiger partial charge >= 0.3 is 0 Å². The van der Waals surface area contributed by atoms with Crippen LogP contribution in [-0.4, -0.2) is 11.3 Å². The largest absolute Gasteiger partial charge is 0.325 e. The fourth-order valence-electron chi connectivity index (χ4n) is 1.000. The third-order valence-corrected chi connectivity index (χ3v) is 2.68. The number of rotatable bonds is 2. The summed E-state index contributed by atoms with van der Waals surface area (Å²) in [6.45, 7) is 3.61. The Morgan fingerprint density at radius 2 is 2.21 bits per heavy atom. The monoisotopic (exact) mass is 323 g/mol. The molecule has 1 amide bonds. The molecule has 0 heterocycles. The molecule has 76 valence electrons. The third kappa shape index (κ3) is 3.13.